The summed E-state index contributed by atoms with van der Waals surface area (Å²) >= 11 is 9.26. The molecule has 0 bridgehead atoms. The van der Waals surface area contributed by atoms with Gasteiger partial charge in [0.2, 0.25) is 0 Å². The van der Waals surface area contributed by atoms with E-state index in [1.54, 1.807) is 43.8 Å². The number of aliphatic hydroxyl groups is 1. The van der Waals surface area contributed by atoms with E-state index in [-0.39, 0.29) is 61.3 Å². The minimum Gasteiger partial charge on any atom is -0.507 e. The Bertz CT molecular complexity index is 2980. The maximum absolute atomic E-state index is 9.79. The second kappa shape index (κ2) is 26.6. The Balaban J connectivity index is 0.000000190. The first-order chi connectivity index (χ1) is 31.7. The molecule has 0 aliphatic carbocycles. The number of aliphatic hydroxyl groups excluding tert-OH is 1. The van der Waals surface area contributed by atoms with Gasteiger partial charge in [-0.05, 0) is 89.3 Å². The fourth-order valence-electron chi connectivity index (χ4n) is 6.52. The van der Waals surface area contributed by atoms with Crippen molar-refractivity contribution in [1.29, 1.82) is 0 Å². The van der Waals surface area contributed by atoms with Crippen molar-refractivity contribution >= 4 is 112 Å². The molecule has 0 spiro atoms. The molecule has 10 aromatic rings. The molecular weight excluding hydrogens is 970 g/mol. The van der Waals surface area contributed by atoms with Crippen LogP contribution in [0.25, 0.3) is 65.2 Å². The third-order valence-electron chi connectivity index (χ3n) is 9.32. The van der Waals surface area contributed by atoms with Crippen molar-refractivity contribution in [2.45, 2.75) is 6.92 Å². The monoisotopic (exact) mass is 1010 g/mol. The Morgan fingerprint density at radius 2 is 0.746 bits per heavy atom. The maximum atomic E-state index is 9.79. The average Bonchev–Trinajstić information content (AvgIpc) is 3.33. The van der Waals surface area contributed by atoms with Gasteiger partial charge >= 0.3 is 33.0 Å². The van der Waals surface area contributed by atoms with Gasteiger partial charge in [-0.25, -0.2) is 0 Å². The number of hydrogen-bond acceptors (Lipinski definition) is 11. The molecule has 0 atom stereocenters. The fraction of sp³-hybridized carbons (Fsp3) is 0.0400. The summed E-state index contributed by atoms with van der Waals surface area (Å²) in [7, 11) is 0. The number of pyridine rings is 4. The van der Waals surface area contributed by atoms with E-state index in [2.05, 4.69) is 114 Å². The molecule has 6 aromatic carbocycles. The van der Waals surface area contributed by atoms with Gasteiger partial charge in [0.15, 0.2) is 10.2 Å². The molecule has 0 aliphatic heterocycles. The molecule has 17 heteroatoms. The van der Waals surface area contributed by atoms with Crippen LogP contribution in [0.15, 0.2) is 181 Å². The van der Waals surface area contributed by atoms with E-state index in [4.69, 9.17) is 16.6 Å². The first-order valence-corrected chi connectivity index (χ1v) is 20.9. The molecule has 0 aliphatic rings. The molecule has 9 N–H and O–H groups in total. The van der Waals surface area contributed by atoms with Crippen LogP contribution in [0.5, 0.6) is 11.5 Å². The molecule has 0 saturated carbocycles. The van der Waals surface area contributed by atoms with Crippen molar-refractivity contribution in [3.63, 3.8) is 0 Å². The molecule has 0 fully saturated rings. The Morgan fingerprint density at radius 1 is 0.478 bits per heavy atom. The third-order valence-corrected chi connectivity index (χ3v) is 9.50. The summed E-state index contributed by atoms with van der Waals surface area (Å²) < 4.78 is 0. The van der Waals surface area contributed by atoms with Gasteiger partial charge < -0.3 is 26.8 Å². The molecule has 4 heterocycles. The quantitative estimate of drug-likeness (QED) is 0.0289. The minimum absolute atomic E-state index is 0. The van der Waals surface area contributed by atoms with E-state index in [9.17, 15) is 10.2 Å². The molecule has 0 radical (unpaired) electrons. The van der Waals surface area contributed by atoms with Gasteiger partial charge in [-0.1, -0.05) is 109 Å². The van der Waals surface area contributed by atoms with Crippen LogP contribution in [0.2, 0.25) is 0 Å². The van der Waals surface area contributed by atoms with Crippen LogP contribution in [-0.2, 0) is 33.0 Å². The summed E-state index contributed by atoms with van der Waals surface area (Å²) in [4.78, 5) is 17.4. The van der Waals surface area contributed by atoms with E-state index < -0.39 is 0 Å². The second-order valence-electron chi connectivity index (χ2n) is 13.7. The van der Waals surface area contributed by atoms with Gasteiger partial charge in [0.05, 0.1) is 34.5 Å². The Morgan fingerprint density at radius 3 is 1.04 bits per heavy atom. The summed E-state index contributed by atoms with van der Waals surface area (Å²) in [6.07, 6.45) is 10.2. The number of nitrogens with one attached hydrogen (secondary N) is 2. The predicted octanol–water partition coefficient (Wildman–Crippen LogP) is 8.98. The molecule has 10 rings (SSSR count). The predicted molar refractivity (Wildman–Crippen MR) is 273 cm³/mol. The number of phenols is 2. The van der Waals surface area contributed by atoms with Gasteiger partial charge in [-0.2, -0.15) is 10.2 Å². The van der Waals surface area contributed by atoms with Crippen LogP contribution in [0, 0.1) is 0 Å². The van der Waals surface area contributed by atoms with Crippen molar-refractivity contribution in [3.8, 4) is 11.5 Å². The number of aromatic hydroxyl groups is 2. The maximum Gasteiger partial charge on any atom is 2.00 e. The molecule has 0 saturated heterocycles. The number of hydrogen-bond donors (Lipinski definition) is 7. The number of phenolic OH excluding ortho intramolecular Hbond substituents is 2. The zero-order chi connectivity index (χ0) is 46.0. The SMILES string of the molecule is CCO.NC(=S)N/N=C/c1c(O)ccc2ccccc12.NC(=S)N/N=C/c1c(O)ccc2ccccc12.[Ni+2].[Ni+2].c1cnc2c(c1)ccc1cccnc12.c1cnc2c(c1)ccc1cccnc12. The Hall–Kier alpha value is -7.25. The summed E-state index contributed by atoms with van der Waals surface area (Å²) in [5.41, 5.74) is 20.6. The van der Waals surface area contributed by atoms with Crippen LogP contribution < -0.4 is 22.3 Å². The van der Waals surface area contributed by atoms with E-state index in [0.717, 1.165) is 65.2 Å². The van der Waals surface area contributed by atoms with Crippen molar-refractivity contribution in [2.24, 2.45) is 21.7 Å². The standard InChI is InChI=1S/2C12H11N3OS.2C12H8N2.C2H6O.2Ni/c2*13-12(17)15-14-7-10-9-4-2-1-3-8(9)5-6-11(10)16;2*1-3-9-5-6-10-4-2-8-14-12(10)11(9)13-7-1;1-2-3;;/h2*1-7,16H,(H3,13,15,17);2*1-8H;3H,2H2,1H3;;/q;;;;;2*+2/b2*14-7+;;;;;. The van der Waals surface area contributed by atoms with E-state index in [1.807, 2.05) is 84.9 Å². The van der Waals surface area contributed by atoms with Gasteiger partial charge in [0.1, 0.15) is 11.5 Å². The first-order valence-electron chi connectivity index (χ1n) is 20.0. The van der Waals surface area contributed by atoms with E-state index in [1.165, 1.54) is 12.4 Å². The smallest absolute Gasteiger partial charge is 0.507 e. The number of benzene rings is 6. The molecule has 13 nitrogen and oxygen atoms in total. The van der Waals surface area contributed by atoms with Gasteiger partial charge in [0.25, 0.3) is 0 Å². The zero-order valence-corrected chi connectivity index (χ0v) is 39.3. The molecule has 67 heavy (non-hydrogen) atoms. The molecule has 4 aromatic heterocycles. The van der Waals surface area contributed by atoms with Crippen molar-refractivity contribution in [1.82, 2.24) is 30.8 Å². The Labute approximate surface area is 416 Å². The molecule has 0 amide bonds. The average molecular weight is 1010 g/mol. The van der Waals surface area contributed by atoms with Crippen LogP contribution in [0.3, 0.4) is 0 Å². The van der Waals surface area contributed by atoms with Crippen molar-refractivity contribution in [2.75, 3.05) is 6.61 Å². The van der Waals surface area contributed by atoms with E-state index in [0.29, 0.717) is 11.1 Å². The van der Waals surface area contributed by atoms with Gasteiger partial charge in [0, 0.05) is 64.1 Å². The third kappa shape index (κ3) is 14.4. The number of fused-ring (bicyclic) bond motifs is 8. The number of rotatable bonds is 4. The molecule has 0 unspecified atom stereocenters. The largest absolute Gasteiger partial charge is 2.00 e. The summed E-state index contributed by atoms with van der Waals surface area (Å²) in [6.45, 7) is 1.93. The number of thiocarbonyl (C=S) groups is 2. The number of nitrogens with zero attached hydrogens (tertiary/aromatic N) is 6. The van der Waals surface area contributed by atoms with Crippen LogP contribution >= 0.6 is 24.4 Å². The Kier molecular flexibility index (Phi) is 20.8. The molecular formula is C50H44N10Ni2O3S2+4. The summed E-state index contributed by atoms with van der Waals surface area (Å²) in [6, 6.07) is 46.7. The fourth-order valence-corrected chi connectivity index (χ4v) is 6.63. The summed E-state index contributed by atoms with van der Waals surface area (Å²) in [5.74, 6) is 0.328. The van der Waals surface area contributed by atoms with Crippen LogP contribution in [0.1, 0.15) is 18.1 Å². The van der Waals surface area contributed by atoms with E-state index >= 15 is 0 Å². The normalized spacial score (nSPS) is 10.3. The number of hydrazone groups is 2. The van der Waals surface area contributed by atoms with Crippen LogP contribution in [0.4, 0.5) is 0 Å². The van der Waals surface area contributed by atoms with Crippen LogP contribution in [-0.4, -0.2) is 64.5 Å². The summed E-state index contributed by atoms with van der Waals surface area (Å²) in [5, 5.41) is 43.5. The molecule has 340 valence electrons. The zero-order valence-electron chi connectivity index (χ0n) is 35.7. The number of nitrogens with two attached hydrogens (primary N) is 2. The second-order valence-corrected chi connectivity index (χ2v) is 14.5. The minimum atomic E-state index is 0. The van der Waals surface area contributed by atoms with Crippen molar-refractivity contribution in [3.05, 3.63) is 182 Å². The van der Waals surface area contributed by atoms with Gasteiger partial charge in [-0.3, -0.25) is 30.8 Å². The topological polar surface area (TPSA) is 213 Å². The number of aromatic nitrogens is 4. The van der Waals surface area contributed by atoms with Crippen molar-refractivity contribution < 1.29 is 48.3 Å². The van der Waals surface area contributed by atoms with Gasteiger partial charge in [-0.15, -0.1) is 0 Å². The first kappa shape index (κ1) is 52.4.